The Bertz CT molecular complexity index is 160. The van der Waals surface area contributed by atoms with Crippen molar-refractivity contribution >= 4 is 0 Å². The van der Waals surface area contributed by atoms with Crippen LogP contribution < -0.4 is 0 Å². The van der Waals surface area contributed by atoms with E-state index in [2.05, 4.69) is 6.07 Å². The number of halogens is 2. The van der Waals surface area contributed by atoms with Crippen molar-refractivity contribution in [3.63, 3.8) is 0 Å². The molecule has 2 nitrogen and oxygen atoms in total. The Balaban J connectivity index is 2.01. The highest BCUT2D eigenvalue weighted by molar-refractivity contribution is 4.94. The highest BCUT2D eigenvalue weighted by Crippen LogP contribution is 2.29. The minimum Gasteiger partial charge on any atom is -0.372 e. The van der Waals surface area contributed by atoms with E-state index in [1.54, 1.807) is 0 Å². The summed E-state index contributed by atoms with van der Waals surface area (Å²) >= 11 is 0. The van der Waals surface area contributed by atoms with Gasteiger partial charge in [-0.05, 0) is 12.8 Å². The van der Waals surface area contributed by atoms with Gasteiger partial charge in [0.15, 0.2) is 0 Å². The second-order valence-electron chi connectivity index (χ2n) is 2.64. The van der Waals surface area contributed by atoms with E-state index in [0.717, 1.165) is 0 Å². The topological polar surface area (TPSA) is 33.0 Å². The number of nitriles is 1. The van der Waals surface area contributed by atoms with Crippen molar-refractivity contribution < 1.29 is 13.5 Å². The van der Waals surface area contributed by atoms with Crippen molar-refractivity contribution in [1.29, 1.82) is 5.26 Å². The van der Waals surface area contributed by atoms with Crippen molar-refractivity contribution in [3.8, 4) is 6.07 Å². The zero-order valence-corrected chi connectivity index (χ0v) is 5.96. The Hall–Kier alpha value is -0.690. The molecule has 0 amide bonds. The maximum Gasteiger partial charge on any atom is 0.261 e. The van der Waals surface area contributed by atoms with Gasteiger partial charge in [0, 0.05) is 0 Å². The van der Waals surface area contributed by atoms with Crippen LogP contribution in [-0.2, 0) is 4.74 Å². The largest absolute Gasteiger partial charge is 0.372 e. The van der Waals surface area contributed by atoms with E-state index in [4.69, 9.17) is 10.00 Å². The van der Waals surface area contributed by atoms with Crippen LogP contribution in [0.25, 0.3) is 0 Å². The minimum absolute atomic E-state index is 0.0256. The van der Waals surface area contributed by atoms with E-state index >= 15 is 0 Å². The van der Waals surface area contributed by atoms with Crippen molar-refractivity contribution in [1.82, 2.24) is 0 Å². The molecule has 1 fully saturated rings. The summed E-state index contributed by atoms with van der Waals surface area (Å²) in [4.78, 5) is 0. The maximum atomic E-state index is 11.5. The van der Waals surface area contributed by atoms with E-state index in [9.17, 15) is 8.78 Å². The lowest BCUT2D eigenvalue weighted by Crippen LogP contribution is -2.31. The Morgan fingerprint density at radius 3 is 2.64 bits per heavy atom. The summed E-state index contributed by atoms with van der Waals surface area (Å²) in [5.41, 5.74) is 0. The molecule has 0 unspecified atom stereocenters. The van der Waals surface area contributed by atoms with Gasteiger partial charge in [0.25, 0.3) is 6.43 Å². The summed E-state index contributed by atoms with van der Waals surface area (Å²) in [5, 5.41) is 8.33. The van der Waals surface area contributed by atoms with Gasteiger partial charge in [0.2, 0.25) is 0 Å². The first-order valence-electron chi connectivity index (χ1n) is 3.51. The van der Waals surface area contributed by atoms with E-state index in [1.807, 2.05) is 0 Å². The molecule has 0 aromatic rings. The fraction of sp³-hybridized carbons (Fsp3) is 0.857. The van der Waals surface area contributed by atoms with E-state index in [0.29, 0.717) is 12.8 Å². The molecule has 0 heterocycles. The van der Waals surface area contributed by atoms with E-state index < -0.39 is 13.0 Å². The van der Waals surface area contributed by atoms with Gasteiger partial charge in [0.05, 0.1) is 18.1 Å². The van der Waals surface area contributed by atoms with Gasteiger partial charge < -0.3 is 4.74 Å². The highest BCUT2D eigenvalue weighted by Gasteiger charge is 2.30. The van der Waals surface area contributed by atoms with Crippen molar-refractivity contribution in [2.24, 2.45) is 5.92 Å². The highest BCUT2D eigenvalue weighted by atomic mass is 19.3. The normalized spacial score (nSPS) is 29.6. The lowest BCUT2D eigenvalue weighted by atomic mass is 9.83. The minimum atomic E-state index is -2.39. The van der Waals surface area contributed by atoms with Gasteiger partial charge in [-0.2, -0.15) is 5.26 Å². The molecular weight excluding hydrogens is 152 g/mol. The number of rotatable bonds is 3. The third-order valence-corrected chi connectivity index (χ3v) is 1.74. The van der Waals surface area contributed by atoms with Crippen LogP contribution in [0.5, 0.6) is 0 Å². The molecule has 0 aromatic heterocycles. The van der Waals surface area contributed by atoms with Gasteiger partial charge in [-0.25, -0.2) is 8.78 Å². The summed E-state index contributed by atoms with van der Waals surface area (Å²) in [6.07, 6.45) is -1.27. The molecule has 0 saturated heterocycles. The average Bonchev–Trinajstić information content (AvgIpc) is 1.84. The standard InChI is InChI=1S/C7H9F2NO/c8-7(9)4-11-6-1-5(2-6)3-10/h5-7H,1-2,4H2. The van der Waals surface area contributed by atoms with Crippen molar-refractivity contribution in [2.75, 3.05) is 6.61 Å². The van der Waals surface area contributed by atoms with E-state index in [-0.39, 0.29) is 12.0 Å². The Morgan fingerprint density at radius 1 is 1.55 bits per heavy atom. The molecule has 11 heavy (non-hydrogen) atoms. The second-order valence-corrected chi connectivity index (χ2v) is 2.64. The molecule has 0 N–H and O–H groups in total. The molecule has 0 aliphatic heterocycles. The lowest BCUT2D eigenvalue weighted by molar-refractivity contribution is -0.0644. The molecule has 1 saturated carbocycles. The fourth-order valence-corrected chi connectivity index (χ4v) is 1.02. The monoisotopic (exact) mass is 161 g/mol. The van der Waals surface area contributed by atoms with Crippen LogP contribution in [0.4, 0.5) is 8.78 Å². The van der Waals surface area contributed by atoms with Crippen LogP contribution in [0.15, 0.2) is 0 Å². The number of hydrogen-bond donors (Lipinski definition) is 0. The summed E-state index contributed by atoms with van der Waals surface area (Å²) in [6.45, 7) is -0.497. The van der Waals surface area contributed by atoms with Crippen LogP contribution in [0.1, 0.15) is 12.8 Å². The van der Waals surface area contributed by atoms with Crippen LogP contribution >= 0.6 is 0 Å². The van der Waals surface area contributed by atoms with Crippen molar-refractivity contribution in [3.05, 3.63) is 0 Å². The first-order valence-corrected chi connectivity index (χ1v) is 3.51. The smallest absolute Gasteiger partial charge is 0.261 e. The lowest BCUT2D eigenvalue weighted by Gasteiger charge is -2.30. The number of alkyl halides is 2. The molecule has 62 valence electrons. The van der Waals surface area contributed by atoms with Crippen LogP contribution in [0.2, 0.25) is 0 Å². The van der Waals surface area contributed by atoms with Gasteiger partial charge in [-0.1, -0.05) is 0 Å². The third-order valence-electron chi connectivity index (χ3n) is 1.74. The number of hydrogen-bond acceptors (Lipinski definition) is 2. The van der Waals surface area contributed by atoms with Gasteiger partial charge in [-0.15, -0.1) is 0 Å². The summed E-state index contributed by atoms with van der Waals surface area (Å²) in [6, 6.07) is 2.05. The Kier molecular flexibility index (Phi) is 2.77. The zero-order valence-electron chi connectivity index (χ0n) is 5.96. The Morgan fingerprint density at radius 2 is 2.18 bits per heavy atom. The first-order chi connectivity index (χ1) is 5.22. The summed E-state index contributed by atoms with van der Waals surface area (Å²) < 4.78 is 27.9. The molecule has 0 bridgehead atoms. The molecular formula is C7H9F2NO. The number of ether oxygens (including phenoxy) is 1. The SMILES string of the molecule is N#CC1CC(OCC(F)F)C1. The maximum absolute atomic E-state index is 11.5. The third kappa shape index (κ3) is 2.43. The number of nitrogens with zero attached hydrogens (tertiary/aromatic N) is 1. The predicted molar refractivity (Wildman–Crippen MR) is 34.1 cm³/mol. The van der Waals surface area contributed by atoms with Crippen LogP contribution in [0.3, 0.4) is 0 Å². The van der Waals surface area contributed by atoms with E-state index in [1.165, 1.54) is 0 Å². The summed E-state index contributed by atoms with van der Waals surface area (Å²) in [7, 11) is 0. The molecule has 1 rings (SSSR count). The predicted octanol–water partition coefficient (Wildman–Crippen LogP) is 1.57. The van der Waals surface area contributed by atoms with Gasteiger partial charge in [0.1, 0.15) is 6.61 Å². The van der Waals surface area contributed by atoms with Gasteiger partial charge >= 0.3 is 0 Å². The molecule has 0 radical (unpaired) electrons. The molecule has 0 spiro atoms. The Labute approximate surface area is 63.8 Å². The second kappa shape index (κ2) is 3.63. The average molecular weight is 161 g/mol. The molecule has 4 heteroatoms. The quantitative estimate of drug-likeness (QED) is 0.629. The molecule has 1 aliphatic rings. The van der Waals surface area contributed by atoms with Crippen LogP contribution in [-0.4, -0.2) is 19.1 Å². The fourth-order valence-electron chi connectivity index (χ4n) is 1.02. The van der Waals surface area contributed by atoms with Crippen molar-refractivity contribution in [2.45, 2.75) is 25.4 Å². The zero-order chi connectivity index (χ0) is 8.27. The summed E-state index contributed by atoms with van der Waals surface area (Å²) in [5.74, 6) is 0.0256. The first kappa shape index (κ1) is 8.41. The van der Waals surface area contributed by atoms with Gasteiger partial charge in [-0.3, -0.25) is 0 Å². The molecule has 0 aromatic carbocycles. The molecule has 0 atom stereocenters. The van der Waals surface area contributed by atoms with Crippen LogP contribution in [0, 0.1) is 17.2 Å². The molecule has 1 aliphatic carbocycles.